The maximum Gasteiger partial charge on any atom is 0.225 e. The van der Waals surface area contributed by atoms with Gasteiger partial charge < -0.3 is 15.8 Å². The van der Waals surface area contributed by atoms with Gasteiger partial charge in [0.25, 0.3) is 0 Å². The second kappa shape index (κ2) is 7.54. The maximum atomic E-state index is 13.2. The predicted octanol–water partition coefficient (Wildman–Crippen LogP) is 4.80. The summed E-state index contributed by atoms with van der Waals surface area (Å²) in [5.74, 6) is 1.61. The van der Waals surface area contributed by atoms with Crippen LogP contribution in [0, 0.1) is 5.82 Å². The van der Waals surface area contributed by atoms with E-state index in [9.17, 15) is 4.39 Å². The summed E-state index contributed by atoms with van der Waals surface area (Å²) in [6, 6.07) is 12.0. The van der Waals surface area contributed by atoms with Gasteiger partial charge in [0.1, 0.15) is 22.9 Å². The number of hydrogen-bond acceptors (Lipinski definition) is 6. The van der Waals surface area contributed by atoms with E-state index in [0.717, 1.165) is 22.5 Å². The first-order valence-electron chi connectivity index (χ1n) is 10.3. The first kappa shape index (κ1) is 19.3. The van der Waals surface area contributed by atoms with Crippen molar-refractivity contribution < 1.29 is 9.13 Å². The summed E-state index contributed by atoms with van der Waals surface area (Å²) in [7, 11) is 1.60. The van der Waals surface area contributed by atoms with Crippen LogP contribution in [0.2, 0.25) is 0 Å². The molecule has 1 aliphatic rings. The molecule has 8 heteroatoms. The highest BCUT2D eigenvalue weighted by atomic mass is 19.1. The third-order valence-electron chi connectivity index (χ3n) is 5.67. The average molecular weight is 418 g/mol. The van der Waals surface area contributed by atoms with Gasteiger partial charge in [-0.05, 0) is 55.7 Å². The van der Waals surface area contributed by atoms with Crippen molar-refractivity contribution in [3.63, 3.8) is 0 Å². The van der Waals surface area contributed by atoms with Crippen LogP contribution in [0.1, 0.15) is 43.0 Å². The number of nitrogens with zero attached hydrogens (tertiary/aromatic N) is 3. The van der Waals surface area contributed by atoms with Crippen molar-refractivity contribution in [2.24, 2.45) is 0 Å². The van der Waals surface area contributed by atoms with Gasteiger partial charge in [0, 0.05) is 17.2 Å². The SMILES string of the molecule is COc1ccc(-c2cc(C3CC3)[nH]n2)c2c(N)nc(N[C@@H](C)c3ccc(F)cc3)nc12. The lowest BCUT2D eigenvalue weighted by atomic mass is 10.0. The van der Waals surface area contributed by atoms with E-state index in [4.69, 9.17) is 15.5 Å². The molecular weight excluding hydrogens is 395 g/mol. The lowest BCUT2D eigenvalue weighted by Crippen LogP contribution is -2.11. The quantitative estimate of drug-likeness (QED) is 0.416. The monoisotopic (exact) mass is 418 g/mol. The second-order valence-corrected chi connectivity index (χ2v) is 7.87. The smallest absolute Gasteiger partial charge is 0.225 e. The van der Waals surface area contributed by atoms with Crippen LogP contribution in [-0.2, 0) is 0 Å². The Balaban J connectivity index is 1.55. The highest BCUT2D eigenvalue weighted by Gasteiger charge is 2.26. The Kier molecular flexibility index (Phi) is 4.69. The fraction of sp³-hybridized carbons (Fsp3) is 0.261. The zero-order chi connectivity index (χ0) is 21.5. The molecule has 1 saturated carbocycles. The highest BCUT2D eigenvalue weighted by molar-refractivity contribution is 6.03. The Bertz CT molecular complexity index is 1250. The van der Waals surface area contributed by atoms with Gasteiger partial charge >= 0.3 is 0 Å². The number of rotatable bonds is 6. The minimum atomic E-state index is -0.275. The van der Waals surface area contributed by atoms with Gasteiger partial charge in [-0.25, -0.2) is 9.37 Å². The van der Waals surface area contributed by atoms with Gasteiger partial charge in [-0.3, -0.25) is 5.10 Å². The number of nitrogens with one attached hydrogen (secondary N) is 2. The van der Waals surface area contributed by atoms with Crippen LogP contribution < -0.4 is 15.8 Å². The van der Waals surface area contributed by atoms with E-state index in [0.29, 0.717) is 34.3 Å². The maximum absolute atomic E-state index is 13.2. The van der Waals surface area contributed by atoms with Crippen molar-refractivity contribution in [1.82, 2.24) is 20.2 Å². The molecule has 158 valence electrons. The molecule has 0 bridgehead atoms. The number of H-pyrrole nitrogens is 1. The minimum Gasteiger partial charge on any atom is -0.494 e. The molecule has 0 aliphatic heterocycles. The van der Waals surface area contributed by atoms with Crippen LogP contribution >= 0.6 is 0 Å². The summed E-state index contributed by atoms with van der Waals surface area (Å²) in [6.45, 7) is 1.95. The Morgan fingerprint density at radius 3 is 2.65 bits per heavy atom. The van der Waals surface area contributed by atoms with E-state index in [2.05, 4.69) is 26.6 Å². The van der Waals surface area contributed by atoms with E-state index in [1.54, 1.807) is 19.2 Å². The zero-order valence-electron chi connectivity index (χ0n) is 17.3. The molecule has 0 radical (unpaired) electrons. The van der Waals surface area contributed by atoms with E-state index in [1.165, 1.54) is 25.0 Å². The van der Waals surface area contributed by atoms with E-state index < -0.39 is 0 Å². The van der Waals surface area contributed by atoms with Crippen LogP contribution in [-0.4, -0.2) is 27.3 Å². The highest BCUT2D eigenvalue weighted by Crippen LogP contribution is 2.41. The van der Waals surface area contributed by atoms with Crippen LogP contribution in [0.4, 0.5) is 16.2 Å². The van der Waals surface area contributed by atoms with Gasteiger partial charge in [0.05, 0.1) is 24.2 Å². The summed E-state index contributed by atoms with van der Waals surface area (Å²) in [5, 5.41) is 11.6. The van der Waals surface area contributed by atoms with Crippen LogP contribution in [0.3, 0.4) is 0 Å². The summed E-state index contributed by atoms with van der Waals surface area (Å²) in [5.41, 5.74) is 10.7. The molecule has 2 heterocycles. The number of benzene rings is 2. The first-order chi connectivity index (χ1) is 15.0. The molecule has 5 rings (SSSR count). The van der Waals surface area contributed by atoms with Crippen molar-refractivity contribution in [3.8, 4) is 17.0 Å². The molecule has 31 heavy (non-hydrogen) atoms. The summed E-state index contributed by atoms with van der Waals surface area (Å²) in [4.78, 5) is 9.18. The normalized spacial score (nSPS) is 14.5. The number of fused-ring (bicyclic) bond motifs is 1. The molecule has 1 fully saturated rings. The van der Waals surface area contributed by atoms with Crippen molar-refractivity contribution in [2.45, 2.75) is 31.7 Å². The number of aromatic nitrogens is 4. The number of hydrogen-bond donors (Lipinski definition) is 3. The third-order valence-corrected chi connectivity index (χ3v) is 5.67. The molecular formula is C23H23FN6O. The number of nitrogens with two attached hydrogens (primary N) is 1. The zero-order valence-corrected chi connectivity index (χ0v) is 17.3. The number of nitrogen functional groups attached to an aromatic ring is 1. The largest absolute Gasteiger partial charge is 0.494 e. The number of halogens is 1. The summed E-state index contributed by atoms with van der Waals surface area (Å²) >= 11 is 0. The molecule has 0 amide bonds. The van der Waals surface area contributed by atoms with Crippen molar-refractivity contribution in [3.05, 3.63) is 59.5 Å². The Morgan fingerprint density at radius 1 is 1.16 bits per heavy atom. The molecule has 0 unspecified atom stereocenters. The van der Waals surface area contributed by atoms with Gasteiger partial charge in [-0.2, -0.15) is 10.1 Å². The predicted molar refractivity (Wildman–Crippen MR) is 118 cm³/mol. The van der Waals surface area contributed by atoms with E-state index >= 15 is 0 Å². The van der Waals surface area contributed by atoms with E-state index in [1.807, 2.05) is 19.1 Å². The number of methoxy groups -OCH3 is 1. The van der Waals surface area contributed by atoms with Gasteiger partial charge in [-0.1, -0.05) is 12.1 Å². The van der Waals surface area contributed by atoms with Crippen molar-refractivity contribution >= 4 is 22.7 Å². The fourth-order valence-corrected chi connectivity index (χ4v) is 3.79. The minimum absolute atomic E-state index is 0.140. The Labute approximate surface area is 178 Å². The summed E-state index contributed by atoms with van der Waals surface area (Å²) < 4.78 is 18.8. The number of ether oxygens (including phenoxy) is 1. The van der Waals surface area contributed by atoms with E-state index in [-0.39, 0.29) is 11.9 Å². The molecule has 4 N–H and O–H groups in total. The van der Waals surface area contributed by atoms with Crippen LogP contribution in [0.25, 0.3) is 22.2 Å². The molecule has 1 aliphatic carbocycles. The first-order valence-corrected chi connectivity index (χ1v) is 10.3. The molecule has 2 aromatic carbocycles. The van der Waals surface area contributed by atoms with Crippen molar-refractivity contribution in [1.29, 1.82) is 0 Å². The van der Waals surface area contributed by atoms with Gasteiger partial charge in [0.15, 0.2) is 0 Å². The van der Waals surface area contributed by atoms with Gasteiger partial charge in [0.2, 0.25) is 5.95 Å². The van der Waals surface area contributed by atoms with Gasteiger partial charge in [-0.15, -0.1) is 0 Å². The average Bonchev–Trinajstić information content (AvgIpc) is 3.50. The molecule has 0 spiro atoms. The van der Waals surface area contributed by atoms with Crippen molar-refractivity contribution in [2.75, 3.05) is 18.2 Å². The molecule has 1 atom stereocenters. The number of anilines is 2. The molecule has 4 aromatic rings. The fourth-order valence-electron chi connectivity index (χ4n) is 3.79. The summed E-state index contributed by atoms with van der Waals surface area (Å²) in [6.07, 6.45) is 2.38. The topological polar surface area (TPSA) is 102 Å². The standard InChI is InChI=1S/C23H23FN6O/c1-12(13-5-7-15(24)8-6-13)26-23-27-21-19(31-2)10-9-16(20(21)22(25)28-23)18-11-17(29-30-18)14-3-4-14/h5-12,14H,3-4H2,1-2H3,(H,29,30)(H3,25,26,27,28)/t12-/m0/s1. The lowest BCUT2D eigenvalue weighted by molar-refractivity contribution is 0.419. The number of aromatic amines is 1. The lowest BCUT2D eigenvalue weighted by Gasteiger charge is -2.16. The molecule has 7 nitrogen and oxygen atoms in total. The Hall–Kier alpha value is -3.68. The Morgan fingerprint density at radius 2 is 1.94 bits per heavy atom. The second-order valence-electron chi connectivity index (χ2n) is 7.87. The third kappa shape index (κ3) is 3.65. The molecule has 2 aromatic heterocycles. The van der Waals surface area contributed by atoms with Crippen LogP contribution in [0.15, 0.2) is 42.5 Å². The van der Waals surface area contributed by atoms with Crippen LogP contribution in [0.5, 0.6) is 5.75 Å². The molecule has 0 saturated heterocycles.